The first-order valence-corrected chi connectivity index (χ1v) is 4.91. The molecule has 0 saturated heterocycles. The third-order valence-corrected chi connectivity index (χ3v) is 1.34. The molecule has 0 radical (unpaired) electrons. The van der Waals surface area contributed by atoms with Crippen LogP contribution in [0.2, 0.25) is 0 Å². The molecule has 0 fully saturated rings. The summed E-state index contributed by atoms with van der Waals surface area (Å²) in [6.45, 7) is 7.85. The van der Waals surface area contributed by atoms with Crippen molar-refractivity contribution in [3.63, 3.8) is 0 Å². The summed E-state index contributed by atoms with van der Waals surface area (Å²) in [6.07, 6.45) is 3.20. The first kappa shape index (κ1) is 12.6. The van der Waals surface area contributed by atoms with Crippen molar-refractivity contribution in [2.75, 3.05) is 0 Å². The number of rotatable bonds is 2. The second-order valence-corrected chi connectivity index (χ2v) is 2.87. The summed E-state index contributed by atoms with van der Waals surface area (Å²) in [4.78, 5) is 15.2. The second-order valence-electron chi connectivity index (χ2n) is 2.87. The number of nitrogens with one attached hydrogen (secondary N) is 1. The van der Waals surface area contributed by atoms with Crippen molar-refractivity contribution in [1.82, 2.24) is 10.3 Å². The fourth-order valence-electron chi connectivity index (χ4n) is 0.843. The van der Waals surface area contributed by atoms with Gasteiger partial charge in [0.15, 0.2) is 0 Å². The predicted octanol–water partition coefficient (Wildman–Crippen LogP) is 2.25. The minimum absolute atomic E-state index is 0.0712. The third kappa shape index (κ3) is 4.60. The Kier molecular flexibility index (Phi) is 6.37. The average molecular weight is 194 g/mol. The molecule has 0 spiro atoms. The van der Waals surface area contributed by atoms with E-state index in [4.69, 9.17) is 0 Å². The third-order valence-electron chi connectivity index (χ3n) is 1.34. The number of hydrogen-bond acceptors (Lipinski definition) is 2. The average Bonchev–Trinajstić information content (AvgIpc) is 2.21. The number of nitrogens with zero attached hydrogens (tertiary/aromatic N) is 1. The van der Waals surface area contributed by atoms with Crippen molar-refractivity contribution >= 4 is 5.91 Å². The Morgan fingerprint density at radius 3 is 2.50 bits per heavy atom. The summed E-state index contributed by atoms with van der Waals surface area (Å²) < 4.78 is 0. The Morgan fingerprint density at radius 1 is 1.43 bits per heavy atom. The molecule has 78 valence electrons. The highest BCUT2D eigenvalue weighted by Gasteiger charge is 2.04. The molecule has 0 bridgehead atoms. The lowest BCUT2D eigenvalue weighted by atomic mass is 10.2. The molecule has 3 nitrogen and oxygen atoms in total. The molecule has 0 atom stereocenters. The van der Waals surface area contributed by atoms with Crippen LogP contribution in [-0.4, -0.2) is 16.9 Å². The number of carbonyl (C=O) groups is 1. The molecular weight excluding hydrogens is 176 g/mol. The number of hydrogen-bond donors (Lipinski definition) is 1. The Hall–Kier alpha value is -1.38. The lowest BCUT2D eigenvalue weighted by Gasteiger charge is -2.06. The quantitative estimate of drug-likeness (QED) is 0.784. The summed E-state index contributed by atoms with van der Waals surface area (Å²) in [6, 6.07) is 3.65. The van der Waals surface area contributed by atoms with Gasteiger partial charge in [-0.05, 0) is 26.0 Å². The van der Waals surface area contributed by atoms with Crippen molar-refractivity contribution in [2.24, 2.45) is 0 Å². The second kappa shape index (κ2) is 7.06. The van der Waals surface area contributed by atoms with Crippen LogP contribution in [0.5, 0.6) is 0 Å². The predicted molar refractivity (Wildman–Crippen MR) is 58.2 cm³/mol. The van der Waals surface area contributed by atoms with E-state index >= 15 is 0 Å². The van der Waals surface area contributed by atoms with Gasteiger partial charge >= 0.3 is 0 Å². The van der Waals surface area contributed by atoms with Gasteiger partial charge in [0, 0.05) is 18.4 Å². The highest BCUT2D eigenvalue weighted by molar-refractivity contribution is 5.93. The van der Waals surface area contributed by atoms with E-state index in [2.05, 4.69) is 10.3 Å². The Balaban J connectivity index is 0.000000791. The van der Waals surface area contributed by atoms with Gasteiger partial charge in [0.1, 0.15) is 0 Å². The first-order chi connectivity index (χ1) is 6.70. The molecule has 0 saturated carbocycles. The normalized spacial score (nSPS) is 8.93. The van der Waals surface area contributed by atoms with Crippen LogP contribution in [0, 0.1) is 0 Å². The summed E-state index contributed by atoms with van der Waals surface area (Å²) in [5.74, 6) is -0.0712. The molecule has 1 amide bonds. The number of aromatic nitrogens is 1. The van der Waals surface area contributed by atoms with E-state index < -0.39 is 0 Å². The Morgan fingerprint density at radius 2 is 2.07 bits per heavy atom. The van der Waals surface area contributed by atoms with Crippen molar-refractivity contribution in [3.05, 3.63) is 30.1 Å². The smallest absolute Gasteiger partial charge is 0.253 e. The molecule has 1 N–H and O–H groups in total. The van der Waals surface area contributed by atoms with Gasteiger partial charge in [0.2, 0.25) is 0 Å². The summed E-state index contributed by atoms with van der Waals surface area (Å²) in [7, 11) is 0. The van der Waals surface area contributed by atoms with E-state index in [1.165, 1.54) is 0 Å². The fraction of sp³-hybridized carbons (Fsp3) is 0.455. The SMILES string of the molecule is CC.CC(C)NC(=O)c1cccnc1. The molecule has 1 rings (SSSR count). The van der Waals surface area contributed by atoms with Crippen molar-refractivity contribution in [1.29, 1.82) is 0 Å². The van der Waals surface area contributed by atoms with E-state index in [1.807, 2.05) is 27.7 Å². The molecule has 3 heteroatoms. The van der Waals surface area contributed by atoms with E-state index in [9.17, 15) is 4.79 Å². The molecule has 1 heterocycles. The van der Waals surface area contributed by atoms with E-state index in [0.717, 1.165) is 0 Å². The molecular formula is C11H18N2O. The number of carbonyl (C=O) groups excluding carboxylic acids is 1. The van der Waals surface area contributed by atoms with Crippen molar-refractivity contribution < 1.29 is 4.79 Å². The molecule has 1 aromatic rings. The zero-order valence-electron chi connectivity index (χ0n) is 9.24. The van der Waals surface area contributed by atoms with Crippen LogP contribution in [0.1, 0.15) is 38.1 Å². The van der Waals surface area contributed by atoms with Gasteiger partial charge in [-0.15, -0.1) is 0 Å². The van der Waals surface area contributed by atoms with Gasteiger partial charge in [0.05, 0.1) is 5.56 Å². The van der Waals surface area contributed by atoms with Gasteiger partial charge < -0.3 is 5.32 Å². The van der Waals surface area contributed by atoms with Crippen LogP contribution in [0.25, 0.3) is 0 Å². The summed E-state index contributed by atoms with van der Waals surface area (Å²) in [5.41, 5.74) is 0.603. The van der Waals surface area contributed by atoms with Crippen LogP contribution in [-0.2, 0) is 0 Å². The molecule has 1 aromatic heterocycles. The van der Waals surface area contributed by atoms with Crippen LogP contribution in [0.15, 0.2) is 24.5 Å². The maximum Gasteiger partial charge on any atom is 0.253 e. The highest BCUT2D eigenvalue weighted by atomic mass is 16.1. The standard InChI is InChI=1S/C9H12N2O.C2H6/c1-7(2)11-9(12)8-4-3-5-10-6-8;1-2/h3-7H,1-2H3,(H,11,12);1-2H3. The van der Waals surface area contributed by atoms with Crippen LogP contribution >= 0.6 is 0 Å². The van der Waals surface area contributed by atoms with Crippen LogP contribution in [0.3, 0.4) is 0 Å². The maximum absolute atomic E-state index is 11.3. The van der Waals surface area contributed by atoms with Gasteiger partial charge in [-0.25, -0.2) is 0 Å². The van der Waals surface area contributed by atoms with Gasteiger partial charge in [-0.3, -0.25) is 9.78 Å². The zero-order valence-corrected chi connectivity index (χ0v) is 9.24. The monoisotopic (exact) mass is 194 g/mol. The van der Waals surface area contributed by atoms with E-state index in [1.54, 1.807) is 24.5 Å². The number of amides is 1. The highest BCUT2D eigenvalue weighted by Crippen LogP contribution is 1.95. The largest absolute Gasteiger partial charge is 0.350 e. The lowest BCUT2D eigenvalue weighted by Crippen LogP contribution is -2.30. The van der Waals surface area contributed by atoms with Crippen molar-refractivity contribution in [2.45, 2.75) is 33.7 Å². The molecule has 14 heavy (non-hydrogen) atoms. The summed E-state index contributed by atoms with van der Waals surface area (Å²) in [5, 5.41) is 2.78. The molecule has 0 aromatic carbocycles. The Labute approximate surface area is 85.6 Å². The lowest BCUT2D eigenvalue weighted by molar-refractivity contribution is 0.0943. The molecule has 0 aliphatic heterocycles. The van der Waals surface area contributed by atoms with Gasteiger partial charge in [-0.1, -0.05) is 13.8 Å². The van der Waals surface area contributed by atoms with Gasteiger partial charge in [-0.2, -0.15) is 0 Å². The van der Waals surface area contributed by atoms with Crippen LogP contribution in [0.4, 0.5) is 0 Å². The zero-order chi connectivity index (χ0) is 11.0. The maximum atomic E-state index is 11.3. The minimum Gasteiger partial charge on any atom is -0.350 e. The van der Waals surface area contributed by atoms with Crippen LogP contribution < -0.4 is 5.32 Å². The fourth-order valence-corrected chi connectivity index (χ4v) is 0.843. The number of pyridine rings is 1. The summed E-state index contributed by atoms with van der Waals surface area (Å²) >= 11 is 0. The molecule has 0 unspecified atom stereocenters. The topological polar surface area (TPSA) is 42.0 Å². The molecule has 0 aliphatic carbocycles. The van der Waals surface area contributed by atoms with E-state index in [-0.39, 0.29) is 11.9 Å². The van der Waals surface area contributed by atoms with E-state index in [0.29, 0.717) is 5.56 Å². The Bertz CT molecular complexity index is 257. The minimum atomic E-state index is -0.0712. The molecule has 0 aliphatic rings. The first-order valence-electron chi connectivity index (χ1n) is 4.91. The van der Waals surface area contributed by atoms with Gasteiger partial charge in [0.25, 0.3) is 5.91 Å². The van der Waals surface area contributed by atoms with Crippen molar-refractivity contribution in [3.8, 4) is 0 Å².